The predicted octanol–water partition coefficient (Wildman–Crippen LogP) is 3.23. The Bertz CT molecular complexity index is 1140. The monoisotopic (exact) mass is 467 g/mol. The number of nitrogens with two attached hydrogens (primary N) is 1. The SMILES string of the molecule is NCC1(Cn2cc(-c3nc(Nc4ccc(N5CCOCC5=O)cc4)ncc3Cl)cn2)CCC1. The van der Waals surface area contributed by atoms with Gasteiger partial charge in [-0.15, -0.1) is 0 Å². The number of nitrogens with zero attached hydrogens (tertiary/aromatic N) is 5. The number of aromatic nitrogens is 4. The normalized spacial score (nSPS) is 17.6. The molecule has 172 valence electrons. The Morgan fingerprint density at radius 1 is 1.21 bits per heavy atom. The van der Waals surface area contributed by atoms with Gasteiger partial charge in [0.05, 0.1) is 29.7 Å². The molecule has 1 saturated heterocycles. The number of hydrogen-bond donors (Lipinski definition) is 2. The van der Waals surface area contributed by atoms with E-state index in [0.29, 0.717) is 36.4 Å². The van der Waals surface area contributed by atoms with Crippen molar-refractivity contribution in [2.24, 2.45) is 11.1 Å². The molecular formula is C23H26ClN7O2. The first-order chi connectivity index (χ1) is 16.0. The summed E-state index contributed by atoms with van der Waals surface area (Å²) in [4.78, 5) is 22.7. The van der Waals surface area contributed by atoms with E-state index in [-0.39, 0.29) is 17.9 Å². The van der Waals surface area contributed by atoms with Gasteiger partial charge in [0.15, 0.2) is 0 Å². The molecule has 1 aliphatic carbocycles. The number of anilines is 3. The molecule has 1 amide bonds. The molecule has 0 radical (unpaired) electrons. The molecule has 1 aliphatic heterocycles. The molecule has 3 aromatic rings. The maximum Gasteiger partial charge on any atom is 0.253 e. The molecule has 1 saturated carbocycles. The van der Waals surface area contributed by atoms with Crippen LogP contribution in [-0.4, -0.2) is 52.0 Å². The number of morpholine rings is 1. The first-order valence-electron chi connectivity index (χ1n) is 11.1. The smallest absolute Gasteiger partial charge is 0.253 e. The molecule has 5 rings (SSSR count). The number of benzene rings is 1. The minimum absolute atomic E-state index is 0.0390. The molecule has 0 atom stereocenters. The lowest BCUT2D eigenvalue weighted by Gasteiger charge is -2.40. The number of carbonyl (C=O) groups excluding carboxylic acids is 1. The molecule has 1 aromatic carbocycles. The minimum atomic E-state index is -0.0390. The van der Waals surface area contributed by atoms with E-state index in [2.05, 4.69) is 20.4 Å². The molecular weight excluding hydrogens is 442 g/mol. The highest BCUT2D eigenvalue weighted by atomic mass is 35.5. The number of hydrogen-bond acceptors (Lipinski definition) is 7. The summed E-state index contributed by atoms with van der Waals surface area (Å²) in [6, 6.07) is 7.55. The Morgan fingerprint density at radius 3 is 2.73 bits per heavy atom. The Labute approximate surface area is 196 Å². The number of rotatable bonds is 7. The average Bonchev–Trinajstić information content (AvgIpc) is 3.27. The molecule has 33 heavy (non-hydrogen) atoms. The van der Waals surface area contributed by atoms with Crippen LogP contribution >= 0.6 is 11.6 Å². The van der Waals surface area contributed by atoms with E-state index >= 15 is 0 Å². The van der Waals surface area contributed by atoms with Crippen LogP contribution in [0.25, 0.3) is 11.3 Å². The Kier molecular flexibility index (Phi) is 6.01. The van der Waals surface area contributed by atoms with Crippen molar-refractivity contribution in [2.45, 2.75) is 25.8 Å². The number of ether oxygens (including phenoxy) is 1. The largest absolute Gasteiger partial charge is 0.370 e. The zero-order valence-electron chi connectivity index (χ0n) is 18.2. The fourth-order valence-electron chi connectivity index (χ4n) is 4.29. The lowest BCUT2D eigenvalue weighted by atomic mass is 9.69. The molecule has 9 nitrogen and oxygen atoms in total. The Morgan fingerprint density at radius 2 is 2.03 bits per heavy atom. The summed E-state index contributed by atoms with van der Waals surface area (Å²) in [6.07, 6.45) is 8.81. The molecule has 2 aromatic heterocycles. The lowest BCUT2D eigenvalue weighted by molar-refractivity contribution is -0.125. The fourth-order valence-corrected chi connectivity index (χ4v) is 4.49. The minimum Gasteiger partial charge on any atom is -0.370 e. The van der Waals surface area contributed by atoms with E-state index in [1.54, 1.807) is 17.3 Å². The average molecular weight is 468 g/mol. The third-order valence-electron chi connectivity index (χ3n) is 6.42. The summed E-state index contributed by atoms with van der Waals surface area (Å²) in [5.41, 5.74) is 9.24. The lowest BCUT2D eigenvalue weighted by Crippen LogP contribution is -2.41. The van der Waals surface area contributed by atoms with Gasteiger partial charge in [-0.25, -0.2) is 9.97 Å². The fraction of sp³-hybridized carbons (Fsp3) is 0.391. The van der Waals surface area contributed by atoms with Gasteiger partial charge in [0.2, 0.25) is 5.95 Å². The van der Waals surface area contributed by atoms with Crippen LogP contribution in [-0.2, 0) is 16.1 Å². The van der Waals surface area contributed by atoms with Gasteiger partial charge in [-0.05, 0) is 43.7 Å². The molecule has 0 unspecified atom stereocenters. The molecule has 0 spiro atoms. The summed E-state index contributed by atoms with van der Waals surface area (Å²) in [7, 11) is 0. The van der Waals surface area contributed by atoms with Crippen LogP contribution < -0.4 is 16.0 Å². The quantitative estimate of drug-likeness (QED) is 0.548. The maximum absolute atomic E-state index is 12.0. The summed E-state index contributed by atoms with van der Waals surface area (Å²) in [5, 5.41) is 8.16. The summed E-state index contributed by atoms with van der Waals surface area (Å²) in [6.45, 7) is 2.68. The van der Waals surface area contributed by atoms with Crippen LogP contribution in [0.15, 0.2) is 42.9 Å². The van der Waals surface area contributed by atoms with Crippen molar-refractivity contribution in [2.75, 3.05) is 36.5 Å². The van der Waals surface area contributed by atoms with Crippen LogP contribution in [0.1, 0.15) is 19.3 Å². The topological polar surface area (TPSA) is 111 Å². The van der Waals surface area contributed by atoms with Gasteiger partial charge >= 0.3 is 0 Å². The van der Waals surface area contributed by atoms with Gasteiger partial charge in [-0.1, -0.05) is 18.0 Å². The van der Waals surface area contributed by atoms with Crippen LogP contribution in [0, 0.1) is 5.41 Å². The van der Waals surface area contributed by atoms with Crippen molar-refractivity contribution in [3.63, 3.8) is 0 Å². The second-order valence-corrected chi connectivity index (χ2v) is 9.05. The van der Waals surface area contributed by atoms with Crippen molar-refractivity contribution < 1.29 is 9.53 Å². The van der Waals surface area contributed by atoms with E-state index in [0.717, 1.165) is 36.3 Å². The van der Waals surface area contributed by atoms with Gasteiger partial charge in [0, 0.05) is 41.6 Å². The highest BCUT2D eigenvalue weighted by Crippen LogP contribution is 2.41. The highest BCUT2D eigenvalue weighted by Gasteiger charge is 2.36. The zero-order chi connectivity index (χ0) is 22.8. The first kappa shape index (κ1) is 21.8. The van der Waals surface area contributed by atoms with Gasteiger partial charge in [0.25, 0.3) is 5.91 Å². The van der Waals surface area contributed by atoms with E-state index in [4.69, 9.17) is 22.1 Å². The molecule has 0 bridgehead atoms. The van der Waals surface area contributed by atoms with Crippen molar-refractivity contribution in [3.8, 4) is 11.3 Å². The number of amides is 1. The van der Waals surface area contributed by atoms with Crippen molar-refractivity contribution >= 4 is 34.8 Å². The van der Waals surface area contributed by atoms with Crippen LogP contribution in [0.5, 0.6) is 0 Å². The summed E-state index contributed by atoms with van der Waals surface area (Å²) < 4.78 is 7.12. The third-order valence-corrected chi connectivity index (χ3v) is 6.69. The summed E-state index contributed by atoms with van der Waals surface area (Å²) >= 11 is 6.40. The van der Waals surface area contributed by atoms with Gasteiger partial charge in [0.1, 0.15) is 6.61 Å². The van der Waals surface area contributed by atoms with Crippen molar-refractivity contribution in [1.29, 1.82) is 0 Å². The molecule has 2 aliphatic rings. The first-order valence-corrected chi connectivity index (χ1v) is 11.4. The highest BCUT2D eigenvalue weighted by molar-refractivity contribution is 6.32. The Hall–Kier alpha value is -3.01. The van der Waals surface area contributed by atoms with Gasteiger partial charge in [-0.3, -0.25) is 9.48 Å². The second kappa shape index (κ2) is 9.09. The molecule has 3 N–H and O–H groups in total. The molecule has 2 fully saturated rings. The number of carbonyl (C=O) groups is 1. The maximum atomic E-state index is 12.0. The number of halogens is 1. The Balaban J connectivity index is 1.30. The second-order valence-electron chi connectivity index (χ2n) is 8.64. The van der Waals surface area contributed by atoms with E-state index < -0.39 is 0 Å². The van der Waals surface area contributed by atoms with Crippen LogP contribution in [0.3, 0.4) is 0 Å². The van der Waals surface area contributed by atoms with Gasteiger partial charge in [-0.2, -0.15) is 5.10 Å². The van der Waals surface area contributed by atoms with Crippen LogP contribution in [0.2, 0.25) is 5.02 Å². The van der Waals surface area contributed by atoms with Gasteiger partial charge < -0.3 is 20.7 Å². The molecule has 3 heterocycles. The predicted molar refractivity (Wildman–Crippen MR) is 126 cm³/mol. The van der Waals surface area contributed by atoms with E-state index in [1.165, 1.54) is 6.42 Å². The number of nitrogens with one attached hydrogen (secondary N) is 1. The molecule has 10 heteroatoms. The van der Waals surface area contributed by atoms with Crippen molar-refractivity contribution in [1.82, 2.24) is 19.7 Å². The standard InChI is InChI=1S/C23H26ClN7O2/c24-19-11-26-22(28-17-2-4-18(5-3-17)31-8-9-33-13-20(31)32)29-21(19)16-10-27-30(12-16)15-23(14-25)6-1-7-23/h2-5,10-12H,1,6-9,13-15,25H2,(H,26,28,29). The van der Waals surface area contributed by atoms with Crippen LogP contribution in [0.4, 0.5) is 17.3 Å². The zero-order valence-corrected chi connectivity index (χ0v) is 19.0. The van der Waals surface area contributed by atoms with E-state index in [1.807, 2.05) is 35.1 Å². The van der Waals surface area contributed by atoms with Crippen molar-refractivity contribution in [3.05, 3.63) is 47.9 Å². The van der Waals surface area contributed by atoms with E-state index in [9.17, 15) is 4.79 Å². The summed E-state index contributed by atoms with van der Waals surface area (Å²) in [5.74, 6) is 0.387. The third kappa shape index (κ3) is 4.57.